The molecule has 0 saturated heterocycles. The normalized spacial score (nSPS) is 17.1. The number of hydrogen-bond donors (Lipinski definition) is 2. The van der Waals surface area contributed by atoms with Crippen molar-refractivity contribution in [1.82, 2.24) is 30.5 Å². The van der Waals surface area contributed by atoms with Crippen LogP contribution in [-0.2, 0) is 11.2 Å². The lowest BCUT2D eigenvalue weighted by atomic mass is 9.91. The van der Waals surface area contributed by atoms with Crippen molar-refractivity contribution in [3.8, 4) is 0 Å². The zero-order chi connectivity index (χ0) is 19.8. The Morgan fingerprint density at radius 1 is 1.24 bits per heavy atom. The second kappa shape index (κ2) is 7.12. The molecule has 2 heterocycles. The van der Waals surface area contributed by atoms with E-state index >= 15 is 0 Å². The number of halogens is 1. The number of aromatic nitrogens is 5. The average molecular weight is 390 g/mol. The highest BCUT2D eigenvalue weighted by Crippen LogP contribution is 2.35. The molecule has 0 fully saturated rings. The van der Waals surface area contributed by atoms with Gasteiger partial charge in [-0.15, -0.1) is 5.10 Å². The Morgan fingerprint density at radius 2 is 2.10 bits per heavy atom. The van der Waals surface area contributed by atoms with Crippen LogP contribution in [0.1, 0.15) is 41.7 Å². The molecule has 5 rings (SSSR count). The SMILES string of the molecule is O=C(N[C@H]1CCCc2c1[nH]c1ccc(F)cc21)[C@H](c1ccccc1)n1cnnn1. The highest BCUT2D eigenvalue weighted by atomic mass is 19.1. The van der Waals surface area contributed by atoms with Crippen LogP contribution < -0.4 is 5.32 Å². The van der Waals surface area contributed by atoms with Gasteiger partial charge in [-0.2, -0.15) is 0 Å². The molecule has 2 atom stereocenters. The fourth-order valence-electron chi connectivity index (χ4n) is 4.18. The van der Waals surface area contributed by atoms with Crippen molar-refractivity contribution >= 4 is 16.8 Å². The summed E-state index contributed by atoms with van der Waals surface area (Å²) in [5.41, 5.74) is 3.72. The summed E-state index contributed by atoms with van der Waals surface area (Å²) in [7, 11) is 0. The van der Waals surface area contributed by atoms with Gasteiger partial charge in [-0.05, 0) is 59.0 Å². The van der Waals surface area contributed by atoms with Crippen molar-refractivity contribution < 1.29 is 9.18 Å². The Kier molecular flexibility index (Phi) is 4.31. The van der Waals surface area contributed by atoms with Gasteiger partial charge in [-0.25, -0.2) is 9.07 Å². The minimum Gasteiger partial charge on any atom is -0.356 e. The van der Waals surface area contributed by atoms with Gasteiger partial charge in [0.1, 0.15) is 12.1 Å². The number of amides is 1. The van der Waals surface area contributed by atoms with Crippen LogP contribution in [0.4, 0.5) is 4.39 Å². The second-order valence-corrected chi connectivity index (χ2v) is 7.26. The number of nitrogens with one attached hydrogen (secondary N) is 2. The summed E-state index contributed by atoms with van der Waals surface area (Å²) in [6.07, 6.45) is 4.03. The summed E-state index contributed by atoms with van der Waals surface area (Å²) in [4.78, 5) is 16.7. The van der Waals surface area contributed by atoms with Gasteiger partial charge >= 0.3 is 0 Å². The minimum absolute atomic E-state index is 0.176. The molecule has 2 N–H and O–H groups in total. The fourth-order valence-corrected chi connectivity index (χ4v) is 4.18. The number of aromatic amines is 1. The number of tetrazole rings is 1. The van der Waals surface area contributed by atoms with E-state index in [1.165, 1.54) is 17.1 Å². The summed E-state index contributed by atoms with van der Waals surface area (Å²) >= 11 is 0. The summed E-state index contributed by atoms with van der Waals surface area (Å²) in [5.74, 6) is -0.445. The molecule has 2 aromatic carbocycles. The molecule has 29 heavy (non-hydrogen) atoms. The Balaban J connectivity index is 1.48. The van der Waals surface area contributed by atoms with Crippen molar-refractivity contribution in [1.29, 1.82) is 0 Å². The number of hydrogen-bond acceptors (Lipinski definition) is 4. The number of nitrogens with zero attached hydrogens (tertiary/aromatic N) is 4. The molecule has 1 aliphatic rings. The lowest BCUT2D eigenvalue weighted by Gasteiger charge is -2.26. The number of fused-ring (bicyclic) bond motifs is 3. The Morgan fingerprint density at radius 3 is 2.90 bits per heavy atom. The number of benzene rings is 2. The van der Waals surface area contributed by atoms with E-state index < -0.39 is 6.04 Å². The van der Waals surface area contributed by atoms with Crippen LogP contribution in [0.5, 0.6) is 0 Å². The van der Waals surface area contributed by atoms with E-state index in [4.69, 9.17) is 0 Å². The predicted molar refractivity (Wildman–Crippen MR) is 104 cm³/mol. The van der Waals surface area contributed by atoms with Crippen LogP contribution in [0.3, 0.4) is 0 Å². The van der Waals surface area contributed by atoms with Crippen molar-refractivity contribution in [3.05, 3.63) is 77.5 Å². The monoisotopic (exact) mass is 390 g/mol. The van der Waals surface area contributed by atoms with Gasteiger partial charge in [0, 0.05) is 16.6 Å². The molecule has 0 saturated carbocycles. The molecule has 0 bridgehead atoms. The van der Waals surface area contributed by atoms with Crippen molar-refractivity contribution in [2.45, 2.75) is 31.3 Å². The lowest BCUT2D eigenvalue weighted by molar-refractivity contribution is -0.124. The summed E-state index contributed by atoms with van der Waals surface area (Å²) in [6, 6.07) is 13.3. The molecule has 2 aromatic heterocycles. The Bertz CT molecular complexity index is 1150. The summed E-state index contributed by atoms with van der Waals surface area (Å²) in [5, 5.41) is 15.3. The minimum atomic E-state index is -0.668. The lowest BCUT2D eigenvalue weighted by Crippen LogP contribution is -2.37. The van der Waals surface area contributed by atoms with Crippen LogP contribution in [0.25, 0.3) is 10.9 Å². The zero-order valence-electron chi connectivity index (χ0n) is 15.5. The third kappa shape index (κ3) is 3.16. The number of rotatable bonds is 4. The molecular formula is C21H19FN6O. The fraction of sp³-hybridized carbons (Fsp3) is 0.238. The molecule has 0 spiro atoms. The van der Waals surface area contributed by atoms with Gasteiger partial charge in [-0.1, -0.05) is 30.3 Å². The first-order valence-corrected chi connectivity index (χ1v) is 9.58. The maximum atomic E-state index is 13.7. The van der Waals surface area contributed by atoms with E-state index in [9.17, 15) is 9.18 Å². The molecule has 1 aliphatic carbocycles. The molecular weight excluding hydrogens is 371 g/mol. The van der Waals surface area contributed by atoms with E-state index in [1.807, 2.05) is 30.3 Å². The second-order valence-electron chi connectivity index (χ2n) is 7.26. The van der Waals surface area contributed by atoms with Gasteiger partial charge in [0.15, 0.2) is 6.04 Å². The van der Waals surface area contributed by atoms with Crippen LogP contribution in [0, 0.1) is 5.82 Å². The maximum absolute atomic E-state index is 13.7. The molecule has 8 heteroatoms. The first kappa shape index (κ1) is 17.5. The predicted octanol–water partition coefficient (Wildman–Crippen LogP) is 3.08. The molecule has 7 nitrogen and oxygen atoms in total. The van der Waals surface area contributed by atoms with Crippen LogP contribution in [-0.4, -0.2) is 31.1 Å². The van der Waals surface area contributed by atoms with Gasteiger partial charge < -0.3 is 10.3 Å². The van der Waals surface area contributed by atoms with Gasteiger partial charge in [0.25, 0.3) is 0 Å². The summed E-state index contributed by atoms with van der Waals surface area (Å²) in [6.45, 7) is 0. The first-order valence-electron chi connectivity index (χ1n) is 9.58. The Hall–Kier alpha value is -3.55. The third-order valence-corrected chi connectivity index (χ3v) is 5.48. The maximum Gasteiger partial charge on any atom is 0.250 e. The Labute approximate surface area is 165 Å². The zero-order valence-corrected chi connectivity index (χ0v) is 15.5. The van der Waals surface area contributed by atoms with Gasteiger partial charge in [0.2, 0.25) is 5.91 Å². The largest absolute Gasteiger partial charge is 0.356 e. The van der Waals surface area contributed by atoms with Crippen LogP contribution in [0.2, 0.25) is 0 Å². The third-order valence-electron chi connectivity index (χ3n) is 5.48. The molecule has 146 valence electrons. The number of carbonyl (C=O) groups is 1. The van der Waals surface area contributed by atoms with Crippen LogP contribution in [0.15, 0.2) is 54.9 Å². The van der Waals surface area contributed by atoms with Crippen molar-refractivity contribution in [2.24, 2.45) is 0 Å². The van der Waals surface area contributed by atoms with Crippen molar-refractivity contribution in [3.63, 3.8) is 0 Å². The molecule has 0 unspecified atom stereocenters. The van der Waals surface area contributed by atoms with Crippen molar-refractivity contribution in [2.75, 3.05) is 0 Å². The standard InChI is InChI=1S/C21H19FN6O/c22-14-9-10-17-16(11-14)15-7-4-8-18(19(15)24-17)25-21(29)20(28-12-23-26-27-28)13-5-2-1-3-6-13/h1-3,5-6,9-12,18,20,24H,4,7-8H2,(H,25,29)/t18-,20-/m0/s1. The van der Waals surface area contributed by atoms with E-state index in [1.54, 1.807) is 12.1 Å². The van der Waals surface area contributed by atoms with Gasteiger partial charge in [0.05, 0.1) is 6.04 Å². The van der Waals surface area contributed by atoms with E-state index in [0.717, 1.165) is 47.0 Å². The van der Waals surface area contributed by atoms with E-state index in [-0.39, 0.29) is 17.8 Å². The van der Waals surface area contributed by atoms with Gasteiger partial charge in [-0.3, -0.25) is 4.79 Å². The van der Waals surface area contributed by atoms with Crippen LogP contribution >= 0.6 is 0 Å². The highest BCUT2D eigenvalue weighted by Gasteiger charge is 2.30. The molecule has 1 amide bonds. The first-order chi connectivity index (χ1) is 14.2. The average Bonchev–Trinajstić information content (AvgIpc) is 3.38. The molecule has 0 aliphatic heterocycles. The van der Waals surface area contributed by atoms with E-state index in [0.29, 0.717) is 0 Å². The summed E-state index contributed by atoms with van der Waals surface area (Å²) < 4.78 is 15.2. The molecule has 4 aromatic rings. The smallest absolute Gasteiger partial charge is 0.250 e. The number of carbonyl (C=O) groups excluding carboxylic acids is 1. The number of aryl methyl sites for hydroxylation is 1. The number of H-pyrrole nitrogens is 1. The highest BCUT2D eigenvalue weighted by molar-refractivity contribution is 5.87. The molecule has 0 radical (unpaired) electrons. The quantitative estimate of drug-likeness (QED) is 0.561. The topological polar surface area (TPSA) is 88.5 Å². The van der Waals surface area contributed by atoms with E-state index in [2.05, 4.69) is 25.8 Å².